The molecule has 1 amide bonds. The lowest BCUT2D eigenvalue weighted by atomic mass is 10.1. The molecule has 0 saturated heterocycles. The third-order valence-electron chi connectivity index (χ3n) is 3.47. The molecule has 1 unspecified atom stereocenters. The fourth-order valence-electron chi connectivity index (χ4n) is 2.17. The average Bonchev–Trinajstić information content (AvgIpc) is 2.55. The van der Waals surface area contributed by atoms with Crippen molar-refractivity contribution < 1.29 is 13.4 Å². The molecule has 3 nitrogen and oxygen atoms in total. The predicted octanol–water partition coefficient (Wildman–Crippen LogP) is 3.99. The van der Waals surface area contributed by atoms with Crippen molar-refractivity contribution in [1.82, 2.24) is 4.90 Å². The molecule has 0 aromatic heterocycles. The first-order valence-corrected chi connectivity index (χ1v) is 9.44. The Kier molecular flexibility index (Phi) is 6.07. The van der Waals surface area contributed by atoms with Crippen LogP contribution in [0.2, 0.25) is 0 Å². The maximum Gasteiger partial charge on any atom is 0.254 e. The molecule has 6 heteroatoms. The molecule has 0 N–H and O–H groups in total. The Balaban J connectivity index is 2.21. The molecule has 2 rings (SSSR count). The number of benzene rings is 2. The smallest absolute Gasteiger partial charge is 0.254 e. The molecule has 122 valence electrons. The van der Waals surface area contributed by atoms with Gasteiger partial charge in [0.15, 0.2) is 0 Å². The highest BCUT2D eigenvalue weighted by Gasteiger charge is 2.16. The fourth-order valence-corrected chi connectivity index (χ4v) is 3.10. The highest BCUT2D eigenvalue weighted by atomic mass is 79.9. The van der Waals surface area contributed by atoms with Crippen LogP contribution < -0.4 is 0 Å². The largest absolute Gasteiger partial charge is 0.334 e. The summed E-state index contributed by atoms with van der Waals surface area (Å²) in [4.78, 5) is 14.8. The van der Waals surface area contributed by atoms with E-state index in [1.54, 1.807) is 47.6 Å². The quantitative estimate of drug-likeness (QED) is 0.764. The van der Waals surface area contributed by atoms with Gasteiger partial charge < -0.3 is 4.90 Å². The second-order valence-corrected chi connectivity index (χ2v) is 7.33. The van der Waals surface area contributed by atoms with Crippen molar-refractivity contribution in [1.29, 1.82) is 0 Å². The molecule has 0 aliphatic heterocycles. The third kappa shape index (κ3) is 4.48. The summed E-state index contributed by atoms with van der Waals surface area (Å²) in [7, 11) is -1.08. The van der Waals surface area contributed by atoms with Gasteiger partial charge >= 0.3 is 0 Å². The van der Waals surface area contributed by atoms with Gasteiger partial charge in [-0.05, 0) is 49.4 Å². The fraction of sp³-hybridized carbons (Fsp3) is 0.235. The topological polar surface area (TPSA) is 37.4 Å². The zero-order chi connectivity index (χ0) is 17.0. The monoisotopic (exact) mass is 397 g/mol. The van der Waals surface area contributed by atoms with Crippen LogP contribution in [0.5, 0.6) is 0 Å². The minimum Gasteiger partial charge on any atom is -0.334 e. The maximum atomic E-state index is 13.9. The Morgan fingerprint density at radius 3 is 2.43 bits per heavy atom. The molecule has 0 heterocycles. The van der Waals surface area contributed by atoms with Crippen LogP contribution in [0.25, 0.3) is 0 Å². The summed E-state index contributed by atoms with van der Waals surface area (Å²) >= 11 is 3.31. The van der Waals surface area contributed by atoms with Crippen molar-refractivity contribution in [2.75, 3.05) is 12.8 Å². The molecule has 0 spiro atoms. The van der Waals surface area contributed by atoms with E-state index in [1.807, 2.05) is 6.92 Å². The Bertz CT molecular complexity index is 734. The van der Waals surface area contributed by atoms with Crippen LogP contribution in [0.3, 0.4) is 0 Å². The Morgan fingerprint density at radius 1 is 1.22 bits per heavy atom. The number of hydrogen-bond acceptors (Lipinski definition) is 2. The first-order valence-electron chi connectivity index (χ1n) is 7.09. The van der Waals surface area contributed by atoms with E-state index in [2.05, 4.69) is 15.9 Å². The number of halogens is 2. The van der Waals surface area contributed by atoms with E-state index in [9.17, 15) is 13.4 Å². The van der Waals surface area contributed by atoms with E-state index < -0.39 is 10.8 Å². The molecule has 23 heavy (non-hydrogen) atoms. The van der Waals surface area contributed by atoms with E-state index in [1.165, 1.54) is 6.07 Å². The molecular formula is C17H17BrFNO2S. The minimum absolute atomic E-state index is 0.180. The highest BCUT2D eigenvalue weighted by molar-refractivity contribution is 9.10. The van der Waals surface area contributed by atoms with Gasteiger partial charge in [0, 0.05) is 50.6 Å². The van der Waals surface area contributed by atoms with Crippen molar-refractivity contribution in [2.45, 2.75) is 18.4 Å². The Hall–Kier alpha value is -1.53. The van der Waals surface area contributed by atoms with Crippen molar-refractivity contribution in [2.24, 2.45) is 0 Å². The number of hydrogen-bond donors (Lipinski definition) is 0. The van der Waals surface area contributed by atoms with Gasteiger partial charge in [-0.2, -0.15) is 0 Å². The maximum absolute atomic E-state index is 13.9. The molecule has 0 bridgehead atoms. The van der Waals surface area contributed by atoms with Gasteiger partial charge in [-0.15, -0.1) is 0 Å². The Morgan fingerprint density at radius 2 is 1.87 bits per heavy atom. The predicted molar refractivity (Wildman–Crippen MR) is 93.3 cm³/mol. The van der Waals surface area contributed by atoms with Gasteiger partial charge in [-0.1, -0.05) is 15.9 Å². The number of amides is 1. The lowest BCUT2D eigenvalue weighted by Gasteiger charge is -2.21. The van der Waals surface area contributed by atoms with Gasteiger partial charge in [-0.3, -0.25) is 9.00 Å². The van der Waals surface area contributed by atoms with Gasteiger partial charge in [0.05, 0.1) is 0 Å². The first kappa shape index (κ1) is 17.8. The number of carbonyl (C=O) groups excluding carboxylic acids is 1. The van der Waals surface area contributed by atoms with Gasteiger partial charge in [0.1, 0.15) is 5.82 Å². The van der Waals surface area contributed by atoms with Crippen LogP contribution in [0.4, 0.5) is 4.39 Å². The van der Waals surface area contributed by atoms with Gasteiger partial charge in [0.2, 0.25) is 0 Å². The van der Waals surface area contributed by atoms with Gasteiger partial charge in [-0.25, -0.2) is 4.39 Å². The summed E-state index contributed by atoms with van der Waals surface area (Å²) in [6.45, 7) is 2.51. The third-order valence-corrected chi connectivity index (χ3v) is 4.90. The normalized spacial score (nSPS) is 12.0. The summed E-state index contributed by atoms with van der Waals surface area (Å²) in [6, 6.07) is 11.3. The average molecular weight is 398 g/mol. The highest BCUT2D eigenvalue weighted by Crippen LogP contribution is 2.18. The van der Waals surface area contributed by atoms with Crippen molar-refractivity contribution in [3.8, 4) is 0 Å². The molecule has 0 fully saturated rings. The van der Waals surface area contributed by atoms with E-state index in [-0.39, 0.29) is 18.3 Å². The molecule has 2 aromatic rings. The SMILES string of the molecule is CCN(Cc1cc(Br)ccc1F)C(=O)c1ccc(S(C)=O)cc1. The van der Waals surface area contributed by atoms with Crippen LogP contribution >= 0.6 is 15.9 Å². The molecule has 1 atom stereocenters. The summed E-state index contributed by atoms with van der Waals surface area (Å²) < 4.78 is 26.0. The van der Waals surface area contributed by atoms with Crippen molar-refractivity contribution >= 4 is 32.6 Å². The summed E-state index contributed by atoms with van der Waals surface area (Å²) in [5.74, 6) is -0.517. The van der Waals surface area contributed by atoms with Crippen LogP contribution in [0, 0.1) is 5.82 Å². The zero-order valence-electron chi connectivity index (χ0n) is 12.9. The summed E-state index contributed by atoms with van der Waals surface area (Å²) in [5.41, 5.74) is 0.956. The van der Waals surface area contributed by atoms with Crippen LogP contribution in [-0.4, -0.2) is 27.8 Å². The minimum atomic E-state index is -1.08. The summed E-state index contributed by atoms with van der Waals surface area (Å²) in [5, 5.41) is 0. The standard InChI is InChI=1S/C17H17BrFNO2S/c1-3-20(11-13-10-14(18)6-9-16(13)19)17(21)12-4-7-15(8-5-12)23(2)22/h4-10H,3,11H2,1-2H3. The van der Waals surface area contributed by atoms with E-state index in [0.29, 0.717) is 22.6 Å². The second-order valence-electron chi connectivity index (χ2n) is 5.03. The van der Waals surface area contributed by atoms with Crippen molar-refractivity contribution in [3.05, 3.63) is 63.9 Å². The number of rotatable bonds is 5. The molecule has 0 radical (unpaired) electrons. The zero-order valence-corrected chi connectivity index (χ0v) is 15.3. The molecule has 0 aliphatic rings. The number of carbonyl (C=O) groups is 1. The Labute approximate surface area is 146 Å². The summed E-state index contributed by atoms with van der Waals surface area (Å²) in [6.07, 6.45) is 1.59. The molecular weight excluding hydrogens is 381 g/mol. The lowest BCUT2D eigenvalue weighted by molar-refractivity contribution is 0.0751. The molecule has 0 aliphatic carbocycles. The van der Waals surface area contributed by atoms with E-state index in [0.717, 1.165) is 4.47 Å². The van der Waals surface area contributed by atoms with Crippen molar-refractivity contribution in [3.63, 3.8) is 0 Å². The van der Waals surface area contributed by atoms with Crippen LogP contribution in [0.15, 0.2) is 51.8 Å². The number of nitrogens with zero attached hydrogens (tertiary/aromatic N) is 1. The van der Waals surface area contributed by atoms with Crippen LogP contribution in [0.1, 0.15) is 22.8 Å². The first-order chi connectivity index (χ1) is 10.9. The molecule has 0 saturated carbocycles. The lowest BCUT2D eigenvalue weighted by Crippen LogP contribution is -2.30. The van der Waals surface area contributed by atoms with Crippen LogP contribution in [-0.2, 0) is 17.3 Å². The van der Waals surface area contributed by atoms with Gasteiger partial charge in [0.25, 0.3) is 5.91 Å². The second kappa shape index (κ2) is 7.84. The van der Waals surface area contributed by atoms with E-state index >= 15 is 0 Å². The van der Waals surface area contributed by atoms with E-state index in [4.69, 9.17) is 0 Å². The molecule has 2 aromatic carbocycles.